The zero-order valence-electron chi connectivity index (χ0n) is 17.6. The molecule has 0 aliphatic carbocycles. The number of halogens is 3. The summed E-state index contributed by atoms with van der Waals surface area (Å²) >= 11 is 0. The van der Waals surface area contributed by atoms with Crippen LogP contribution in [0.3, 0.4) is 0 Å². The summed E-state index contributed by atoms with van der Waals surface area (Å²) in [5.41, 5.74) is 0.795. The van der Waals surface area contributed by atoms with E-state index in [1.807, 2.05) is 0 Å². The quantitative estimate of drug-likeness (QED) is 0.522. The maximum Gasteiger partial charge on any atom is 0.191 e. The number of aromatic nitrogens is 4. The number of carbonyl (C=O) groups is 1. The third kappa shape index (κ3) is 4.96. The Hall–Kier alpha value is -3.27. The SMILES string of the molecule is CC(C(=O)c1ccc(F)cc1F)n1nnc(CCN2CCN(c3ccc(F)cc3)CC2)n1. The fraction of sp³-hybridized carbons (Fsp3) is 0.364. The highest BCUT2D eigenvalue weighted by atomic mass is 19.1. The van der Waals surface area contributed by atoms with Crippen LogP contribution in [-0.4, -0.2) is 63.6 Å². The molecule has 0 amide bonds. The normalized spacial score (nSPS) is 15.7. The van der Waals surface area contributed by atoms with Crippen molar-refractivity contribution >= 4 is 11.5 Å². The summed E-state index contributed by atoms with van der Waals surface area (Å²) in [5, 5.41) is 12.2. The van der Waals surface area contributed by atoms with Gasteiger partial charge in [-0.1, -0.05) is 0 Å². The first-order chi connectivity index (χ1) is 15.4. The average Bonchev–Trinajstić information content (AvgIpc) is 3.27. The lowest BCUT2D eigenvalue weighted by Gasteiger charge is -2.35. The predicted molar refractivity (Wildman–Crippen MR) is 112 cm³/mol. The van der Waals surface area contributed by atoms with Gasteiger partial charge in [0, 0.05) is 50.9 Å². The molecule has 3 aromatic rings. The number of benzene rings is 2. The minimum Gasteiger partial charge on any atom is -0.369 e. The van der Waals surface area contributed by atoms with Crippen molar-refractivity contribution in [3.05, 3.63) is 71.3 Å². The molecule has 1 atom stereocenters. The van der Waals surface area contributed by atoms with E-state index >= 15 is 0 Å². The zero-order valence-corrected chi connectivity index (χ0v) is 17.6. The molecule has 10 heteroatoms. The first-order valence-corrected chi connectivity index (χ1v) is 10.4. The average molecular weight is 444 g/mol. The summed E-state index contributed by atoms with van der Waals surface area (Å²) in [4.78, 5) is 18.2. The number of hydrogen-bond acceptors (Lipinski definition) is 6. The molecule has 1 aromatic heterocycles. The van der Waals surface area contributed by atoms with E-state index in [1.165, 1.54) is 12.1 Å². The van der Waals surface area contributed by atoms with Crippen LogP contribution in [0.1, 0.15) is 29.1 Å². The molecular formula is C22H23F3N6O. The van der Waals surface area contributed by atoms with Crippen LogP contribution in [0.25, 0.3) is 0 Å². The number of tetrazole rings is 1. The maximum atomic E-state index is 13.9. The summed E-state index contributed by atoms with van der Waals surface area (Å²) in [5.74, 6) is -1.96. The number of nitrogens with zero attached hydrogens (tertiary/aromatic N) is 6. The lowest BCUT2D eigenvalue weighted by Crippen LogP contribution is -2.47. The lowest BCUT2D eigenvalue weighted by atomic mass is 10.1. The summed E-state index contributed by atoms with van der Waals surface area (Å²) in [6.45, 7) is 5.65. The van der Waals surface area contributed by atoms with Crippen molar-refractivity contribution < 1.29 is 18.0 Å². The summed E-state index contributed by atoms with van der Waals surface area (Å²) < 4.78 is 40.1. The Morgan fingerprint density at radius 2 is 1.69 bits per heavy atom. The van der Waals surface area contributed by atoms with Crippen LogP contribution in [0, 0.1) is 17.5 Å². The van der Waals surface area contributed by atoms with E-state index in [0.717, 1.165) is 55.3 Å². The van der Waals surface area contributed by atoms with Gasteiger partial charge in [-0.2, -0.15) is 4.80 Å². The summed E-state index contributed by atoms with van der Waals surface area (Å²) in [6.07, 6.45) is 0.558. The zero-order chi connectivity index (χ0) is 22.7. The topological polar surface area (TPSA) is 67.2 Å². The third-order valence-corrected chi connectivity index (χ3v) is 5.61. The van der Waals surface area contributed by atoms with Crippen LogP contribution in [0.4, 0.5) is 18.9 Å². The first-order valence-electron chi connectivity index (χ1n) is 10.4. The van der Waals surface area contributed by atoms with Gasteiger partial charge in [0.25, 0.3) is 0 Å². The second-order valence-electron chi connectivity index (χ2n) is 7.75. The fourth-order valence-corrected chi connectivity index (χ4v) is 3.68. The van der Waals surface area contributed by atoms with Crippen LogP contribution in [-0.2, 0) is 6.42 Å². The molecule has 0 spiro atoms. The highest BCUT2D eigenvalue weighted by molar-refractivity contribution is 5.98. The number of piperazine rings is 1. The number of carbonyl (C=O) groups excluding carboxylic acids is 1. The molecule has 0 N–H and O–H groups in total. The van der Waals surface area contributed by atoms with Gasteiger partial charge in [0.15, 0.2) is 11.6 Å². The number of ketones is 1. The fourth-order valence-electron chi connectivity index (χ4n) is 3.68. The standard InChI is InChI=1S/C22H23F3N6O/c1-15(22(32)19-7-4-17(24)14-20(19)25)31-27-21(26-28-31)8-9-29-10-12-30(13-11-29)18-5-2-16(23)3-6-18/h2-7,14-15H,8-13H2,1H3. The van der Waals surface area contributed by atoms with Gasteiger partial charge < -0.3 is 4.90 Å². The molecule has 2 aromatic carbocycles. The smallest absolute Gasteiger partial charge is 0.191 e. The Labute approximate surface area is 183 Å². The molecule has 32 heavy (non-hydrogen) atoms. The Morgan fingerprint density at radius 1 is 1.00 bits per heavy atom. The Bertz CT molecular complexity index is 1080. The highest BCUT2D eigenvalue weighted by Crippen LogP contribution is 2.18. The molecule has 1 fully saturated rings. The van der Waals surface area contributed by atoms with Gasteiger partial charge >= 0.3 is 0 Å². The van der Waals surface area contributed by atoms with Crippen LogP contribution >= 0.6 is 0 Å². The van der Waals surface area contributed by atoms with Crippen molar-refractivity contribution in [2.24, 2.45) is 0 Å². The summed E-state index contributed by atoms with van der Waals surface area (Å²) in [7, 11) is 0. The van der Waals surface area contributed by atoms with Crippen molar-refractivity contribution in [3.63, 3.8) is 0 Å². The monoisotopic (exact) mass is 444 g/mol. The molecule has 2 heterocycles. The van der Waals surface area contributed by atoms with Crippen LogP contribution in [0.2, 0.25) is 0 Å². The Morgan fingerprint density at radius 3 is 2.38 bits per heavy atom. The number of hydrogen-bond donors (Lipinski definition) is 0. The van der Waals surface area contributed by atoms with Gasteiger partial charge in [-0.3, -0.25) is 9.69 Å². The highest BCUT2D eigenvalue weighted by Gasteiger charge is 2.23. The molecule has 1 aliphatic heterocycles. The first kappa shape index (κ1) is 21.9. The van der Waals surface area contributed by atoms with Gasteiger partial charge in [-0.25, -0.2) is 13.2 Å². The van der Waals surface area contributed by atoms with Crippen molar-refractivity contribution in [3.8, 4) is 0 Å². The molecule has 1 aliphatic rings. The van der Waals surface area contributed by atoms with Crippen molar-refractivity contribution in [2.75, 3.05) is 37.6 Å². The number of anilines is 1. The van der Waals surface area contributed by atoms with Crippen LogP contribution in [0.5, 0.6) is 0 Å². The van der Waals surface area contributed by atoms with Gasteiger partial charge in [-0.15, -0.1) is 10.2 Å². The van der Waals surface area contributed by atoms with Crippen LogP contribution < -0.4 is 4.90 Å². The maximum absolute atomic E-state index is 13.9. The van der Waals surface area contributed by atoms with Crippen molar-refractivity contribution in [1.29, 1.82) is 0 Å². The third-order valence-electron chi connectivity index (χ3n) is 5.61. The minimum atomic E-state index is -0.915. The van der Waals surface area contributed by atoms with E-state index in [-0.39, 0.29) is 11.4 Å². The van der Waals surface area contributed by atoms with Gasteiger partial charge in [0.05, 0.1) is 5.56 Å². The lowest BCUT2D eigenvalue weighted by molar-refractivity contribution is 0.0913. The van der Waals surface area contributed by atoms with E-state index in [9.17, 15) is 18.0 Å². The van der Waals surface area contributed by atoms with Gasteiger partial charge in [0.2, 0.25) is 0 Å². The summed E-state index contributed by atoms with van der Waals surface area (Å²) in [6, 6.07) is 8.47. The van der Waals surface area contributed by atoms with Gasteiger partial charge in [0.1, 0.15) is 23.5 Å². The van der Waals surface area contributed by atoms with E-state index in [4.69, 9.17) is 0 Å². The van der Waals surface area contributed by atoms with Crippen molar-refractivity contribution in [1.82, 2.24) is 25.1 Å². The second kappa shape index (κ2) is 9.47. The molecule has 4 rings (SSSR count). The number of rotatable bonds is 7. The van der Waals surface area contributed by atoms with Gasteiger partial charge in [-0.05, 0) is 48.5 Å². The van der Waals surface area contributed by atoms with E-state index in [1.54, 1.807) is 19.1 Å². The van der Waals surface area contributed by atoms with E-state index < -0.39 is 23.5 Å². The second-order valence-corrected chi connectivity index (χ2v) is 7.75. The molecule has 0 bridgehead atoms. The molecule has 168 valence electrons. The molecule has 0 radical (unpaired) electrons. The molecular weight excluding hydrogens is 421 g/mol. The molecule has 1 unspecified atom stereocenters. The molecule has 0 saturated carbocycles. The Kier molecular flexibility index (Phi) is 6.50. The molecule has 1 saturated heterocycles. The molecule has 7 nitrogen and oxygen atoms in total. The van der Waals surface area contributed by atoms with Crippen molar-refractivity contribution in [2.45, 2.75) is 19.4 Å². The van der Waals surface area contributed by atoms with E-state index in [0.29, 0.717) is 18.3 Å². The van der Waals surface area contributed by atoms with E-state index in [2.05, 4.69) is 25.2 Å². The number of Topliss-reactive ketones (excluding diaryl/α,β-unsaturated/α-hetero) is 1. The minimum absolute atomic E-state index is 0.211. The predicted octanol–water partition coefficient (Wildman–Crippen LogP) is 2.90. The van der Waals surface area contributed by atoms with Crippen LogP contribution in [0.15, 0.2) is 42.5 Å². The Balaban J connectivity index is 1.29. The largest absolute Gasteiger partial charge is 0.369 e.